The summed E-state index contributed by atoms with van der Waals surface area (Å²) in [7, 11) is 0. The van der Waals surface area contributed by atoms with Crippen LogP contribution < -0.4 is 10.5 Å². The van der Waals surface area contributed by atoms with Crippen LogP contribution in [-0.4, -0.2) is 14.5 Å². The average Bonchev–Trinajstić information content (AvgIpc) is 3.24. The lowest BCUT2D eigenvalue weighted by molar-refractivity contribution is 0.447. The lowest BCUT2D eigenvalue weighted by Gasteiger charge is -2.07. The van der Waals surface area contributed by atoms with Gasteiger partial charge in [0.15, 0.2) is 11.6 Å². The Balaban J connectivity index is 1.73. The van der Waals surface area contributed by atoms with Gasteiger partial charge in [0.2, 0.25) is 0 Å². The average molecular weight is 368 g/mol. The molecular weight excluding hydrogens is 351 g/mol. The van der Waals surface area contributed by atoms with Gasteiger partial charge in [-0.2, -0.15) is 0 Å². The standard InChI is InChI=1S/C19H17FN4OS/c1-11(2)24-9-15(23-10-24)18-8-14-19(26-18)17(5-6-22-14)25-16-4-3-12(21)7-13(16)20/h3-11H,21H2,1-2H3. The van der Waals surface area contributed by atoms with E-state index < -0.39 is 5.82 Å². The summed E-state index contributed by atoms with van der Waals surface area (Å²) in [4.78, 5) is 9.85. The van der Waals surface area contributed by atoms with Crippen molar-refractivity contribution in [2.75, 3.05) is 5.73 Å². The summed E-state index contributed by atoms with van der Waals surface area (Å²) in [6.45, 7) is 4.20. The summed E-state index contributed by atoms with van der Waals surface area (Å²) in [5.74, 6) is 0.186. The van der Waals surface area contributed by atoms with Gasteiger partial charge in [0.05, 0.1) is 27.1 Å². The minimum absolute atomic E-state index is 0.130. The van der Waals surface area contributed by atoms with Crippen molar-refractivity contribution in [3.05, 3.63) is 54.9 Å². The number of nitrogen functional groups attached to an aromatic ring is 1. The van der Waals surface area contributed by atoms with Crippen LogP contribution in [0.25, 0.3) is 20.8 Å². The molecule has 0 aliphatic heterocycles. The number of hydrogen-bond donors (Lipinski definition) is 1. The van der Waals surface area contributed by atoms with Gasteiger partial charge < -0.3 is 15.0 Å². The minimum Gasteiger partial charge on any atom is -0.453 e. The van der Waals surface area contributed by atoms with Crippen molar-refractivity contribution in [1.29, 1.82) is 0 Å². The number of anilines is 1. The summed E-state index contributed by atoms with van der Waals surface area (Å²) >= 11 is 1.52. The highest BCUT2D eigenvalue weighted by Crippen LogP contribution is 2.39. The molecule has 0 saturated heterocycles. The molecule has 0 radical (unpaired) electrons. The SMILES string of the molecule is CC(C)n1cnc(-c2cc3nccc(Oc4ccc(N)cc4F)c3s2)c1. The number of benzene rings is 1. The summed E-state index contributed by atoms with van der Waals surface area (Å²) in [6, 6.07) is 8.41. The van der Waals surface area contributed by atoms with Gasteiger partial charge >= 0.3 is 0 Å². The number of halogens is 1. The van der Waals surface area contributed by atoms with Crippen LogP contribution in [0, 0.1) is 5.82 Å². The Morgan fingerprint density at radius 2 is 2.00 bits per heavy atom. The molecule has 0 amide bonds. The number of nitrogens with two attached hydrogens (primary N) is 1. The zero-order valence-corrected chi connectivity index (χ0v) is 15.1. The molecule has 0 aliphatic carbocycles. The number of fused-ring (bicyclic) bond motifs is 1. The van der Waals surface area contributed by atoms with Crippen molar-refractivity contribution in [2.24, 2.45) is 0 Å². The highest BCUT2D eigenvalue weighted by atomic mass is 32.1. The third-order valence-electron chi connectivity index (χ3n) is 4.00. The molecule has 0 spiro atoms. The predicted molar refractivity (Wildman–Crippen MR) is 102 cm³/mol. The zero-order valence-electron chi connectivity index (χ0n) is 14.3. The molecule has 7 heteroatoms. The van der Waals surface area contributed by atoms with Crippen molar-refractivity contribution in [1.82, 2.24) is 14.5 Å². The van der Waals surface area contributed by atoms with E-state index in [4.69, 9.17) is 10.5 Å². The van der Waals surface area contributed by atoms with Crippen molar-refractivity contribution in [3.63, 3.8) is 0 Å². The number of imidazole rings is 1. The number of thiophene rings is 1. The van der Waals surface area contributed by atoms with E-state index in [0.29, 0.717) is 17.5 Å². The van der Waals surface area contributed by atoms with E-state index >= 15 is 0 Å². The lowest BCUT2D eigenvalue weighted by Crippen LogP contribution is -1.95. The Bertz CT molecular complexity index is 1090. The Hall–Kier alpha value is -2.93. The highest BCUT2D eigenvalue weighted by Gasteiger charge is 2.14. The molecule has 2 N–H and O–H groups in total. The number of pyridine rings is 1. The van der Waals surface area contributed by atoms with E-state index in [1.54, 1.807) is 18.3 Å². The molecule has 5 nitrogen and oxygen atoms in total. The Morgan fingerprint density at radius 1 is 1.15 bits per heavy atom. The van der Waals surface area contributed by atoms with Crippen molar-refractivity contribution < 1.29 is 9.13 Å². The molecule has 3 heterocycles. The van der Waals surface area contributed by atoms with Gasteiger partial charge in [-0.05, 0) is 32.0 Å². The van der Waals surface area contributed by atoms with Crippen LogP contribution in [-0.2, 0) is 0 Å². The van der Waals surface area contributed by atoms with Crippen LogP contribution in [0.2, 0.25) is 0 Å². The smallest absolute Gasteiger partial charge is 0.167 e. The lowest BCUT2D eigenvalue weighted by atomic mass is 10.3. The molecule has 0 atom stereocenters. The molecule has 0 fully saturated rings. The topological polar surface area (TPSA) is 66.0 Å². The quantitative estimate of drug-likeness (QED) is 0.499. The van der Waals surface area contributed by atoms with Gasteiger partial charge in [0.25, 0.3) is 0 Å². The second kappa shape index (κ2) is 6.42. The predicted octanol–water partition coefficient (Wildman–Crippen LogP) is 5.25. The minimum atomic E-state index is -0.498. The van der Waals surface area contributed by atoms with Crippen LogP contribution in [0.4, 0.5) is 10.1 Å². The first-order valence-corrected chi connectivity index (χ1v) is 8.98. The van der Waals surface area contributed by atoms with Gasteiger partial charge in [-0.25, -0.2) is 9.37 Å². The second-order valence-corrected chi connectivity index (χ2v) is 7.28. The first kappa shape index (κ1) is 16.5. The molecule has 0 saturated carbocycles. The number of aromatic nitrogens is 3. The fourth-order valence-corrected chi connectivity index (χ4v) is 3.61. The summed E-state index contributed by atoms with van der Waals surface area (Å²) in [6.07, 6.45) is 5.48. The van der Waals surface area contributed by atoms with E-state index in [9.17, 15) is 4.39 Å². The van der Waals surface area contributed by atoms with Gasteiger partial charge in [0, 0.05) is 36.3 Å². The number of hydrogen-bond acceptors (Lipinski definition) is 5. The maximum atomic E-state index is 14.1. The normalized spacial score (nSPS) is 11.4. The molecule has 132 valence electrons. The van der Waals surface area contributed by atoms with E-state index in [-0.39, 0.29) is 5.75 Å². The van der Waals surface area contributed by atoms with Crippen LogP contribution in [0.5, 0.6) is 11.5 Å². The second-order valence-electron chi connectivity index (χ2n) is 6.23. The first-order chi connectivity index (χ1) is 12.5. The van der Waals surface area contributed by atoms with Gasteiger partial charge in [-0.15, -0.1) is 11.3 Å². The number of rotatable bonds is 4. The van der Waals surface area contributed by atoms with Crippen molar-refractivity contribution >= 4 is 27.2 Å². The van der Waals surface area contributed by atoms with Crippen molar-refractivity contribution in [2.45, 2.75) is 19.9 Å². The molecule has 0 unspecified atom stereocenters. The van der Waals surface area contributed by atoms with Gasteiger partial charge in [-0.1, -0.05) is 0 Å². The molecule has 0 aliphatic rings. The van der Waals surface area contributed by atoms with Crippen molar-refractivity contribution in [3.8, 4) is 22.1 Å². The molecule has 1 aromatic carbocycles. The molecule has 3 aromatic heterocycles. The van der Waals surface area contributed by atoms with Crippen LogP contribution >= 0.6 is 11.3 Å². The molecule has 4 rings (SSSR count). The Labute approximate surface area is 153 Å². The Kier molecular flexibility index (Phi) is 4.08. The van der Waals surface area contributed by atoms with Gasteiger partial charge in [0.1, 0.15) is 5.75 Å². The molecule has 26 heavy (non-hydrogen) atoms. The molecular formula is C19H17FN4OS. The maximum absolute atomic E-state index is 14.1. The monoisotopic (exact) mass is 368 g/mol. The van der Waals surface area contributed by atoms with Crippen LogP contribution in [0.1, 0.15) is 19.9 Å². The Morgan fingerprint density at radius 3 is 2.73 bits per heavy atom. The van der Waals surface area contributed by atoms with E-state index in [1.165, 1.54) is 23.5 Å². The zero-order chi connectivity index (χ0) is 18.3. The largest absolute Gasteiger partial charge is 0.453 e. The summed E-state index contributed by atoms with van der Waals surface area (Å²) in [5.41, 5.74) is 7.62. The van der Waals surface area contributed by atoms with E-state index in [0.717, 1.165) is 20.8 Å². The van der Waals surface area contributed by atoms with E-state index in [2.05, 4.69) is 23.8 Å². The maximum Gasteiger partial charge on any atom is 0.167 e. The molecule has 0 bridgehead atoms. The van der Waals surface area contributed by atoms with E-state index in [1.807, 2.05) is 23.2 Å². The van der Waals surface area contributed by atoms with Gasteiger partial charge in [-0.3, -0.25) is 4.98 Å². The summed E-state index contributed by atoms with van der Waals surface area (Å²) < 4.78 is 22.7. The number of nitrogens with zero attached hydrogens (tertiary/aromatic N) is 3. The van der Waals surface area contributed by atoms with Crippen LogP contribution in [0.3, 0.4) is 0 Å². The fourth-order valence-electron chi connectivity index (χ4n) is 2.59. The highest BCUT2D eigenvalue weighted by molar-refractivity contribution is 7.22. The third-order valence-corrected chi connectivity index (χ3v) is 5.16. The fraction of sp³-hybridized carbons (Fsp3) is 0.158. The number of ether oxygens (including phenoxy) is 1. The first-order valence-electron chi connectivity index (χ1n) is 8.16. The third kappa shape index (κ3) is 3.01. The van der Waals surface area contributed by atoms with Crippen LogP contribution in [0.15, 0.2) is 49.1 Å². The molecule has 4 aromatic rings. The summed E-state index contributed by atoms with van der Waals surface area (Å²) in [5, 5.41) is 0.